The minimum Gasteiger partial charge on any atom is -0.486 e. The number of ether oxygens (including phenoxy) is 3. The lowest BCUT2D eigenvalue weighted by atomic mass is 9.74. The van der Waals surface area contributed by atoms with Gasteiger partial charge < -0.3 is 29.5 Å². The molecule has 3 aliphatic rings. The fourth-order valence-electron chi connectivity index (χ4n) is 4.66. The molecular weight excluding hydrogens is 376 g/mol. The van der Waals surface area contributed by atoms with Crippen LogP contribution in [0.1, 0.15) is 43.5 Å². The third-order valence-corrected chi connectivity index (χ3v) is 6.19. The zero-order valence-corrected chi connectivity index (χ0v) is 16.9. The first kappa shape index (κ1) is 20.0. The number of hydrogen-bond donors (Lipinski definition) is 2. The number of carbonyl (C=O) groups is 2. The van der Waals surface area contributed by atoms with Crippen molar-refractivity contribution >= 4 is 11.8 Å². The van der Waals surface area contributed by atoms with E-state index < -0.39 is 17.2 Å². The number of aliphatic hydroxyl groups is 1. The molecule has 0 aromatic heterocycles. The number of amides is 2. The van der Waals surface area contributed by atoms with Gasteiger partial charge in [0.05, 0.1) is 23.3 Å². The molecule has 1 aromatic carbocycles. The Kier molecular flexibility index (Phi) is 5.16. The molecule has 29 heavy (non-hydrogen) atoms. The maximum Gasteiger partial charge on any atom is 0.257 e. The molecule has 0 radical (unpaired) electrons. The Morgan fingerprint density at radius 3 is 2.66 bits per heavy atom. The Labute approximate surface area is 170 Å². The monoisotopic (exact) mass is 404 g/mol. The lowest BCUT2D eigenvalue weighted by molar-refractivity contribution is -0.179. The van der Waals surface area contributed by atoms with E-state index in [0.717, 1.165) is 0 Å². The predicted molar refractivity (Wildman–Crippen MR) is 104 cm³/mol. The molecule has 2 fully saturated rings. The normalized spacial score (nSPS) is 28.1. The highest BCUT2D eigenvalue weighted by atomic mass is 16.6. The van der Waals surface area contributed by atoms with Crippen LogP contribution in [-0.4, -0.2) is 72.0 Å². The molecule has 2 amide bonds. The van der Waals surface area contributed by atoms with Crippen molar-refractivity contribution in [2.24, 2.45) is 0 Å². The Bertz CT molecular complexity index is 804. The molecule has 0 saturated carbocycles. The van der Waals surface area contributed by atoms with E-state index in [1.807, 2.05) is 11.8 Å². The number of benzene rings is 1. The van der Waals surface area contributed by atoms with Gasteiger partial charge in [0.25, 0.3) is 5.91 Å². The highest BCUT2D eigenvalue weighted by molar-refractivity contribution is 5.98. The largest absolute Gasteiger partial charge is 0.486 e. The first-order valence-electron chi connectivity index (χ1n) is 10.1. The average molecular weight is 404 g/mol. The van der Waals surface area contributed by atoms with Crippen molar-refractivity contribution in [2.75, 3.05) is 32.9 Å². The molecule has 0 unspecified atom stereocenters. The molecule has 2 N–H and O–H groups in total. The summed E-state index contributed by atoms with van der Waals surface area (Å²) >= 11 is 0. The zero-order chi connectivity index (χ0) is 20.6. The first-order valence-corrected chi connectivity index (χ1v) is 10.1. The van der Waals surface area contributed by atoms with Crippen LogP contribution in [0.5, 0.6) is 11.5 Å². The second-order valence-electron chi connectivity index (χ2n) is 8.41. The maximum atomic E-state index is 13.1. The average Bonchev–Trinajstić information content (AvgIpc) is 2.70. The summed E-state index contributed by atoms with van der Waals surface area (Å²) < 4.78 is 17.3. The van der Waals surface area contributed by atoms with E-state index in [1.54, 1.807) is 18.2 Å². The van der Waals surface area contributed by atoms with E-state index in [1.165, 1.54) is 6.92 Å². The molecule has 3 heterocycles. The molecular formula is C21H28N2O6. The Hall–Kier alpha value is -2.32. The lowest BCUT2D eigenvalue weighted by Gasteiger charge is -2.51. The van der Waals surface area contributed by atoms with Crippen LogP contribution in [0.25, 0.3) is 0 Å². The Morgan fingerprint density at radius 2 is 1.93 bits per heavy atom. The second-order valence-corrected chi connectivity index (χ2v) is 8.41. The van der Waals surface area contributed by atoms with E-state index in [2.05, 4.69) is 5.32 Å². The van der Waals surface area contributed by atoms with Crippen LogP contribution in [0.3, 0.4) is 0 Å². The molecule has 1 aromatic rings. The minimum absolute atomic E-state index is 0.0809. The molecule has 2 atom stereocenters. The fourth-order valence-corrected chi connectivity index (χ4v) is 4.66. The molecule has 4 rings (SSSR count). The molecule has 3 aliphatic heterocycles. The summed E-state index contributed by atoms with van der Waals surface area (Å²) in [4.78, 5) is 26.5. The quantitative estimate of drug-likeness (QED) is 0.767. The lowest BCUT2D eigenvalue weighted by Crippen LogP contribution is -2.65. The first-order chi connectivity index (χ1) is 13.8. The van der Waals surface area contributed by atoms with Crippen molar-refractivity contribution < 1.29 is 28.9 Å². The summed E-state index contributed by atoms with van der Waals surface area (Å²) in [5.41, 5.74) is -0.677. The smallest absolute Gasteiger partial charge is 0.257 e. The van der Waals surface area contributed by atoms with Crippen LogP contribution in [0.4, 0.5) is 0 Å². The van der Waals surface area contributed by atoms with E-state index in [4.69, 9.17) is 14.2 Å². The van der Waals surface area contributed by atoms with Gasteiger partial charge in [-0.3, -0.25) is 9.59 Å². The number of aliphatic hydroxyl groups excluding tert-OH is 1. The van der Waals surface area contributed by atoms with Gasteiger partial charge in [-0.25, -0.2) is 0 Å². The van der Waals surface area contributed by atoms with Gasteiger partial charge in [-0.1, -0.05) is 6.07 Å². The number of likely N-dealkylation sites (tertiary alicyclic amines) is 1. The summed E-state index contributed by atoms with van der Waals surface area (Å²) in [5.74, 6) is 0.862. The number of nitrogens with one attached hydrogen (secondary N) is 1. The van der Waals surface area contributed by atoms with Crippen LogP contribution < -0.4 is 14.8 Å². The number of rotatable bonds is 2. The molecule has 0 bridgehead atoms. The van der Waals surface area contributed by atoms with E-state index in [-0.39, 0.29) is 18.4 Å². The number of hydrogen-bond acceptors (Lipinski definition) is 6. The van der Waals surface area contributed by atoms with Gasteiger partial charge in [0.15, 0.2) is 11.5 Å². The Morgan fingerprint density at radius 1 is 1.21 bits per heavy atom. The Balaban J connectivity index is 1.46. The van der Waals surface area contributed by atoms with Gasteiger partial charge in [-0.2, -0.15) is 0 Å². The summed E-state index contributed by atoms with van der Waals surface area (Å²) in [5, 5.41) is 13.3. The van der Waals surface area contributed by atoms with Gasteiger partial charge in [0, 0.05) is 26.4 Å². The summed E-state index contributed by atoms with van der Waals surface area (Å²) in [6.45, 7) is 5.46. The van der Waals surface area contributed by atoms with Crippen LogP contribution in [0.15, 0.2) is 18.2 Å². The van der Waals surface area contributed by atoms with Gasteiger partial charge >= 0.3 is 0 Å². The standard InChI is InChI=1S/C21H28N2O6/c1-14(24)22-20(2)13-21(29-12-17(20)25)6-8-23(9-7-21)19(26)15-4-3-5-16-18(15)28-11-10-27-16/h3-5,17,25H,6-13H2,1-2H3,(H,22,24)/t17-,20-/m0/s1. The molecule has 1 spiro atoms. The molecule has 0 aliphatic carbocycles. The van der Waals surface area contributed by atoms with Gasteiger partial charge in [0.1, 0.15) is 19.3 Å². The second kappa shape index (κ2) is 7.50. The van der Waals surface area contributed by atoms with Crippen LogP contribution in [0.2, 0.25) is 0 Å². The van der Waals surface area contributed by atoms with Crippen molar-refractivity contribution in [3.63, 3.8) is 0 Å². The van der Waals surface area contributed by atoms with E-state index in [0.29, 0.717) is 62.6 Å². The van der Waals surface area contributed by atoms with Crippen molar-refractivity contribution in [3.05, 3.63) is 23.8 Å². The number of fused-ring (bicyclic) bond motifs is 1. The van der Waals surface area contributed by atoms with Crippen LogP contribution >= 0.6 is 0 Å². The molecule has 2 saturated heterocycles. The fraction of sp³-hybridized carbons (Fsp3) is 0.619. The number of para-hydroxylation sites is 1. The third kappa shape index (κ3) is 3.79. The van der Waals surface area contributed by atoms with Crippen molar-refractivity contribution in [3.8, 4) is 11.5 Å². The third-order valence-electron chi connectivity index (χ3n) is 6.19. The maximum absolute atomic E-state index is 13.1. The van der Waals surface area contributed by atoms with E-state index >= 15 is 0 Å². The number of piperidine rings is 1. The topological polar surface area (TPSA) is 97.3 Å². The van der Waals surface area contributed by atoms with Crippen LogP contribution in [-0.2, 0) is 9.53 Å². The summed E-state index contributed by atoms with van der Waals surface area (Å²) in [6, 6.07) is 5.37. The number of nitrogens with zero attached hydrogens (tertiary/aromatic N) is 1. The molecule has 158 valence electrons. The van der Waals surface area contributed by atoms with Crippen molar-refractivity contribution in [1.82, 2.24) is 10.2 Å². The summed E-state index contributed by atoms with van der Waals surface area (Å²) in [7, 11) is 0. The van der Waals surface area contributed by atoms with Crippen molar-refractivity contribution in [2.45, 2.75) is 50.4 Å². The van der Waals surface area contributed by atoms with Crippen molar-refractivity contribution in [1.29, 1.82) is 0 Å². The van der Waals surface area contributed by atoms with Crippen LogP contribution in [0, 0.1) is 0 Å². The van der Waals surface area contributed by atoms with E-state index in [9.17, 15) is 14.7 Å². The highest BCUT2D eigenvalue weighted by Gasteiger charge is 2.50. The van der Waals surface area contributed by atoms with Gasteiger partial charge in [0.2, 0.25) is 5.91 Å². The minimum atomic E-state index is -0.760. The molecule has 8 nitrogen and oxygen atoms in total. The highest BCUT2D eigenvalue weighted by Crippen LogP contribution is 2.41. The SMILES string of the molecule is CC(=O)N[C@@]1(C)CC2(CCN(C(=O)c3cccc4c3OCCO4)CC2)OC[C@@H]1O. The predicted octanol–water partition coefficient (Wildman–Crippen LogP) is 1.11. The molecule has 8 heteroatoms. The number of carbonyl (C=O) groups excluding carboxylic acids is 2. The summed E-state index contributed by atoms with van der Waals surface area (Å²) in [6.07, 6.45) is 1.05. The zero-order valence-electron chi connectivity index (χ0n) is 16.9. The van der Waals surface area contributed by atoms with Gasteiger partial charge in [-0.05, 0) is 31.9 Å². The van der Waals surface area contributed by atoms with Gasteiger partial charge in [-0.15, -0.1) is 0 Å².